The first-order chi connectivity index (χ1) is 30.2. The Labute approximate surface area is 353 Å². The van der Waals surface area contributed by atoms with Gasteiger partial charge in [-0.15, -0.1) is 0 Å². The molecule has 0 atom stereocenters. The van der Waals surface area contributed by atoms with Gasteiger partial charge in [0.05, 0.1) is 22.2 Å². The van der Waals surface area contributed by atoms with E-state index in [9.17, 15) is 0 Å². The molecule has 0 aliphatic rings. The third-order valence-electron chi connectivity index (χ3n) is 12.2. The first-order valence-corrected chi connectivity index (χ1v) is 20.8. The maximum atomic E-state index is 5.50. The van der Waals surface area contributed by atoms with Crippen LogP contribution in [0.2, 0.25) is 0 Å². The first-order valence-electron chi connectivity index (χ1n) is 20.8. The van der Waals surface area contributed by atoms with Crippen molar-refractivity contribution in [3.63, 3.8) is 0 Å². The Bertz CT molecular complexity index is 3550. The minimum atomic E-state index is 0.648. The fraction of sp³-hybridized carbons (Fsp3) is 0. The van der Waals surface area contributed by atoms with Gasteiger partial charge in [-0.2, -0.15) is 0 Å². The predicted molar refractivity (Wildman–Crippen MR) is 256 cm³/mol. The fourth-order valence-electron chi connectivity index (χ4n) is 9.22. The second-order valence-electron chi connectivity index (χ2n) is 15.8. The largest absolute Gasteiger partial charge is 0.278 e. The van der Waals surface area contributed by atoms with Gasteiger partial charge in [-0.3, -0.25) is 4.57 Å². The minimum Gasteiger partial charge on any atom is -0.278 e. The Hall–Kier alpha value is -8.14. The quantitative estimate of drug-likeness (QED) is 0.168. The summed E-state index contributed by atoms with van der Waals surface area (Å²) in [6.45, 7) is 0. The standard InChI is InChI=1S/C58H37N3/c1-4-14-38(15-5-1)45-29-26-43-31-33-54-56(51(43)37-45)55-49-21-11-10-20-42(49)30-32-53(55)61(54)58-59-52-23-13-12-22-50(52)57(60-58)44-27-24-41(25-28-44)48-35-46(39-16-6-2-7-17-39)34-47(36-48)40-18-8-3-9-19-40/h1-37H. The molecule has 2 heterocycles. The Kier molecular flexibility index (Phi) is 8.17. The Morgan fingerprint density at radius 3 is 1.34 bits per heavy atom. The van der Waals surface area contributed by atoms with E-state index in [1.807, 2.05) is 0 Å². The smallest absolute Gasteiger partial charge is 0.235 e. The van der Waals surface area contributed by atoms with Crippen molar-refractivity contribution >= 4 is 54.3 Å². The van der Waals surface area contributed by atoms with E-state index in [1.165, 1.54) is 71.3 Å². The number of hydrogen-bond donors (Lipinski definition) is 0. The highest BCUT2D eigenvalue weighted by Gasteiger charge is 2.21. The van der Waals surface area contributed by atoms with Crippen molar-refractivity contribution in [2.45, 2.75) is 0 Å². The van der Waals surface area contributed by atoms with Gasteiger partial charge in [0.1, 0.15) is 0 Å². The van der Waals surface area contributed by atoms with Gasteiger partial charge in [-0.1, -0.05) is 182 Å². The number of rotatable bonds is 6. The third-order valence-corrected chi connectivity index (χ3v) is 12.2. The van der Waals surface area contributed by atoms with E-state index in [2.05, 4.69) is 229 Å². The molecule has 0 saturated carbocycles. The van der Waals surface area contributed by atoms with E-state index < -0.39 is 0 Å². The highest BCUT2D eigenvalue weighted by molar-refractivity contribution is 6.28. The van der Waals surface area contributed by atoms with Crippen LogP contribution in [0.3, 0.4) is 0 Å². The Balaban J connectivity index is 1.05. The van der Waals surface area contributed by atoms with E-state index in [0.717, 1.165) is 38.8 Å². The van der Waals surface area contributed by atoms with E-state index in [-0.39, 0.29) is 0 Å². The maximum Gasteiger partial charge on any atom is 0.235 e. The van der Waals surface area contributed by atoms with Gasteiger partial charge in [0, 0.05) is 21.7 Å². The Morgan fingerprint density at radius 2 is 0.721 bits per heavy atom. The second-order valence-corrected chi connectivity index (χ2v) is 15.8. The summed E-state index contributed by atoms with van der Waals surface area (Å²) in [5, 5.41) is 8.25. The fourth-order valence-corrected chi connectivity index (χ4v) is 9.22. The maximum absolute atomic E-state index is 5.50. The highest BCUT2D eigenvalue weighted by Crippen LogP contribution is 2.42. The average molecular weight is 776 g/mol. The molecule has 3 heteroatoms. The monoisotopic (exact) mass is 775 g/mol. The van der Waals surface area contributed by atoms with Crippen LogP contribution in [0.1, 0.15) is 0 Å². The van der Waals surface area contributed by atoms with Crippen molar-refractivity contribution in [1.82, 2.24) is 14.5 Å². The van der Waals surface area contributed by atoms with E-state index in [0.29, 0.717) is 5.95 Å². The third kappa shape index (κ3) is 5.98. The number of fused-ring (bicyclic) bond motifs is 8. The zero-order valence-electron chi connectivity index (χ0n) is 33.2. The highest BCUT2D eigenvalue weighted by atomic mass is 15.2. The minimum absolute atomic E-state index is 0.648. The summed E-state index contributed by atoms with van der Waals surface area (Å²) >= 11 is 0. The van der Waals surface area contributed by atoms with Crippen molar-refractivity contribution in [1.29, 1.82) is 0 Å². The van der Waals surface area contributed by atoms with Crippen LogP contribution in [-0.4, -0.2) is 14.5 Å². The zero-order chi connectivity index (χ0) is 40.3. The topological polar surface area (TPSA) is 30.7 Å². The van der Waals surface area contributed by atoms with Gasteiger partial charge in [-0.25, -0.2) is 9.97 Å². The van der Waals surface area contributed by atoms with E-state index >= 15 is 0 Å². The SMILES string of the molecule is c1ccc(-c2cc(-c3ccccc3)cc(-c3ccc(-c4nc(-n5c6ccc7ccccc7c6c6c7cc(-c8ccccc8)ccc7ccc65)nc5ccccc45)cc3)c2)cc1. The van der Waals surface area contributed by atoms with Gasteiger partial charge >= 0.3 is 0 Å². The number of para-hydroxylation sites is 1. The molecule has 0 aliphatic heterocycles. The molecule has 61 heavy (non-hydrogen) atoms. The van der Waals surface area contributed by atoms with Crippen LogP contribution < -0.4 is 0 Å². The summed E-state index contributed by atoms with van der Waals surface area (Å²) in [5.74, 6) is 0.648. The zero-order valence-corrected chi connectivity index (χ0v) is 33.2. The number of benzene rings is 10. The molecule has 0 bridgehead atoms. The van der Waals surface area contributed by atoms with Gasteiger partial charge in [-0.05, 0) is 109 Å². The van der Waals surface area contributed by atoms with Crippen molar-refractivity contribution in [3.8, 4) is 61.7 Å². The van der Waals surface area contributed by atoms with Crippen LogP contribution in [0.15, 0.2) is 224 Å². The molecular weight excluding hydrogens is 739 g/mol. The molecule has 0 saturated heterocycles. The lowest BCUT2D eigenvalue weighted by Gasteiger charge is -2.13. The summed E-state index contributed by atoms with van der Waals surface area (Å²) in [6, 6.07) is 80.5. The summed E-state index contributed by atoms with van der Waals surface area (Å²) in [7, 11) is 0. The summed E-state index contributed by atoms with van der Waals surface area (Å²) < 4.78 is 2.27. The molecule has 0 N–H and O–H groups in total. The van der Waals surface area contributed by atoms with Gasteiger partial charge < -0.3 is 0 Å². The van der Waals surface area contributed by atoms with Gasteiger partial charge in [0.15, 0.2) is 0 Å². The lowest BCUT2D eigenvalue weighted by atomic mass is 9.93. The van der Waals surface area contributed by atoms with Crippen molar-refractivity contribution in [2.24, 2.45) is 0 Å². The molecule has 0 radical (unpaired) electrons. The lowest BCUT2D eigenvalue weighted by molar-refractivity contribution is 1.01. The summed E-state index contributed by atoms with van der Waals surface area (Å²) in [4.78, 5) is 10.8. The molecule has 0 aliphatic carbocycles. The molecule has 0 amide bonds. The van der Waals surface area contributed by atoms with E-state index in [4.69, 9.17) is 9.97 Å². The molecule has 10 aromatic carbocycles. The van der Waals surface area contributed by atoms with Crippen molar-refractivity contribution < 1.29 is 0 Å². The summed E-state index contributed by atoms with van der Waals surface area (Å²) in [6.07, 6.45) is 0. The molecule has 0 fully saturated rings. The van der Waals surface area contributed by atoms with Gasteiger partial charge in [0.25, 0.3) is 0 Å². The van der Waals surface area contributed by atoms with Crippen LogP contribution in [0, 0.1) is 0 Å². The summed E-state index contributed by atoms with van der Waals surface area (Å²) in [5.41, 5.74) is 14.5. The molecule has 2 aromatic heterocycles. The molecule has 0 unspecified atom stereocenters. The molecule has 3 nitrogen and oxygen atoms in total. The van der Waals surface area contributed by atoms with Crippen LogP contribution >= 0.6 is 0 Å². The van der Waals surface area contributed by atoms with Crippen molar-refractivity contribution in [3.05, 3.63) is 224 Å². The predicted octanol–water partition coefficient (Wildman–Crippen LogP) is 15.4. The van der Waals surface area contributed by atoms with Crippen LogP contribution in [0.5, 0.6) is 0 Å². The molecule has 12 rings (SSSR count). The Morgan fingerprint density at radius 1 is 0.279 bits per heavy atom. The normalized spacial score (nSPS) is 11.6. The number of nitrogens with zero attached hydrogens (tertiary/aromatic N) is 3. The number of hydrogen-bond acceptors (Lipinski definition) is 2. The second kappa shape index (κ2) is 14.3. The average Bonchev–Trinajstić information content (AvgIpc) is 3.70. The molecule has 284 valence electrons. The van der Waals surface area contributed by atoms with Gasteiger partial charge in [0.2, 0.25) is 5.95 Å². The molecule has 12 aromatic rings. The van der Waals surface area contributed by atoms with Crippen LogP contribution in [0.4, 0.5) is 0 Å². The van der Waals surface area contributed by atoms with Crippen LogP contribution in [-0.2, 0) is 0 Å². The first kappa shape index (κ1) is 34.9. The van der Waals surface area contributed by atoms with Crippen molar-refractivity contribution in [2.75, 3.05) is 0 Å². The van der Waals surface area contributed by atoms with E-state index in [1.54, 1.807) is 0 Å². The number of aromatic nitrogens is 3. The molecule has 0 spiro atoms. The molecular formula is C58H37N3. The lowest BCUT2D eigenvalue weighted by Crippen LogP contribution is -2.03. The van der Waals surface area contributed by atoms with Crippen LogP contribution in [0.25, 0.3) is 116 Å².